The van der Waals surface area contributed by atoms with Crippen molar-refractivity contribution in [2.24, 2.45) is 0 Å². The molecule has 1 amide bonds. The number of nitrogens with one attached hydrogen (secondary N) is 1. The molecule has 31 heavy (non-hydrogen) atoms. The van der Waals surface area contributed by atoms with Crippen LogP contribution in [-0.4, -0.2) is 43.0 Å². The van der Waals surface area contributed by atoms with Crippen molar-refractivity contribution < 1.29 is 14.3 Å². The average Bonchev–Trinajstić information content (AvgIpc) is 2.83. The molecular weight excluding hydrogens is 414 g/mol. The van der Waals surface area contributed by atoms with E-state index in [-0.39, 0.29) is 11.7 Å². The molecule has 1 saturated heterocycles. The van der Waals surface area contributed by atoms with Crippen LogP contribution in [0.25, 0.3) is 0 Å². The fraction of sp³-hybridized carbons (Fsp3) is 0.208. The van der Waals surface area contributed by atoms with Gasteiger partial charge in [0.15, 0.2) is 5.78 Å². The summed E-state index contributed by atoms with van der Waals surface area (Å²) >= 11 is 5.92. The number of ether oxygens (including phenoxy) is 1. The zero-order valence-corrected chi connectivity index (χ0v) is 17.6. The van der Waals surface area contributed by atoms with Crippen molar-refractivity contribution in [3.05, 3.63) is 94.1 Å². The van der Waals surface area contributed by atoms with Crippen LogP contribution in [0, 0.1) is 0 Å². The first kappa shape index (κ1) is 21.0. The van der Waals surface area contributed by atoms with Gasteiger partial charge in [0.1, 0.15) is 5.82 Å². The van der Waals surface area contributed by atoms with Crippen molar-refractivity contribution in [1.29, 1.82) is 0 Å². The average molecular weight is 436 g/mol. The maximum atomic E-state index is 12.9. The smallest absolute Gasteiger partial charge is 0.252 e. The van der Waals surface area contributed by atoms with Gasteiger partial charge in [0.05, 0.1) is 18.8 Å². The summed E-state index contributed by atoms with van der Waals surface area (Å²) in [5.41, 5.74) is 2.11. The van der Waals surface area contributed by atoms with E-state index in [0.717, 1.165) is 24.5 Å². The van der Waals surface area contributed by atoms with Gasteiger partial charge in [-0.25, -0.2) is 4.98 Å². The first-order valence-electron chi connectivity index (χ1n) is 10.1. The van der Waals surface area contributed by atoms with Crippen LogP contribution in [0.15, 0.2) is 66.9 Å². The Hall–Kier alpha value is -3.22. The Morgan fingerprint density at radius 3 is 2.45 bits per heavy atom. The number of amides is 1. The van der Waals surface area contributed by atoms with E-state index in [4.69, 9.17) is 16.3 Å². The van der Waals surface area contributed by atoms with Crippen LogP contribution in [0.4, 0.5) is 5.82 Å². The summed E-state index contributed by atoms with van der Waals surface area (Å²) in [5.74, 6) is 0.344. The van der Waals surface area contributed by atoms with Crippen molar-refractivity contribution >= 4 is 29.1 Å². The molecule has 0 atom stereocenters. The van der Waals surface area contributed by atoms with E-state index in [0.29, 0.717) is 41.5 Å². The van der Waals surface area contributed by atoms with E-state index in [1.807, 2.05) is 12.1 Å². The summed E-state index contributed by atoms with van der Waals surface area (Å²) in [4.78, 5) is 32.4. The van der Waals surface area contributed by atoms with Crippen molar-refractivity contribution in [3.8, 4) is 0 Å². The van der Waals surface area contributed by atoms with Gasteiger partial charge in [0.2, 0.25) is 0 Å². The van der Waals surface area contributed by atoms with Crippen molar-refractivity contribution in [3.63, 3.8) is 0 Å². The molecule has 158 valence electrons. The number of halogens is 1. The zero-order chi connectivity index (χ0) is 21.6. The Morgan fingerprint density at radius 1 is 1.00 bits per heavy atom. The third-order valence-electron chi connectivity index (χ3n) is 5.12. The number of ketones is 1. The molecular formula is C24H22ClN3O3. The van der Waals surface area contributed by atoms with Crippen LogP contribution < -0.4 is 10.2 Å². The number of hydrogen-bond donors (Lipinski definition) is 1. The lowest BCUT2D eigenvalue weighted by atomic mass is 9.98. The van der Waals surface area contributed by atoms with Gasteiger partial charge < -0.3 is 15.0 Å². The van der Waals surface area contributed by atoms with Gasteiger partial charge in [-0.1, -0.05) is 29.8 Å². The van der Waals surface area contributed by atoms with E-state index >= 15 is 0 Å². The second kappa shape index (κ2) is 9.73. The Balaban J connectivity index is 1.47. The highest BCUT2D eigenvalue weighted by molar-refractivity contribution is 6.30. The van der Waals surface area contributed by atoms with Crippen LogP contribution >= 0.6 is 11.6 Å². The normalized spacial score (nSPS) is 13.6. The molecule has 1 fully saturated rings. The van der Waals surface area contributed by atoms with Gasteiger partial charge in [0, 0.05) is 42.0 Å². The largest absolute Gasteiger partial charge is 0.378 e. The van der Waals surface area contributed by atoms with Gasteiger partial charge >= 0.3 is 0 Å². The second-order valence-corrected chi connectivity index (χ2v) is 7.62. The van der Waals surface area contributed by atoms with Crippen molar-refractivity contribution in [2.45, 2.75) is 6.54 Å². The predicted octanol–water partition coefficient (Wildman–Crippen LogP) is 3.73. The Morgan fingerprint density at radius 2 is 1.71 bits per heavy atom. The topological polar surface area (TPSA) is 71.5 Å². The third-order valence-corrected chi connectivity index (χ3v) is 5.37. The molecule has 2 heterocycles. The molecule has 4 rings (SSSR count). The fourth-order valence-corrected chi connectivity index (χ4v) is 3.58. The number of anilines is 1. The minimum atomic E-state index is -0.303. The first-order valence-corrected chi connectivity index (χ1v) is 10.4. The molecule has 0 bridgehead atoms. The number of morpholine rings is 1. The number of carbonyl (C=O) groups excluding carboxylic acids is 2. The highest BCUT2D eigenvalue weighted by Crippen LogP contribution is 2.18. The summed E-state index contributed by atoms with van der Waals surface area (Å²) in [5, 5.41) is 3.47. The third kappa shape index (κ3) is 5.10. The van der Waals surface area contributed by atoms with E-state index in [1.165, 1.54) is 0 Å². The highest BCUT2D eigenvalue weighted by Gasteiger charge is 2.18. The van der Waals surface area contributed by atoms with Crippen LogP contribution in [0.2, 0.25) is 5.02 Å². The number of benzene rings is 2. The quantitative estimate of drug-likeness (QED) is 0.597. The lowest BCUT2D eigenvalue weighted by Crippen LogP contribution is -2.36. The molecule has 1 aromatic heterocycles. The summed E-state index contributed by atoms with van der Waals surface area (Å²) < 4.78 is 5.39. The van der Waals surface area contributed by atoms with Crippen molar-refractivity contribution in [2.75, 3.05) is 31.2 Å². The molecule has 1 N–H and O–H groups in total. The number of aromatic nitrogens is 1. The van der Waals surface area contributed by atoms with Crippen LogP contribution in [0.5, 0.6) is 0 Å². The maximum absolute atomic E-state index is 12.9. The van der Waals surface area contributed by atoms with Gasteiger partial charge in [-0.3, -0.25) is 9.59 Å². The number of nitrogens with zero attached hydrogens (tertiary/aromatic N) is 2. The second-order valence-electron chi connectivity index (χ2n) is 7.19. The zero-order valence-electron chi connectivity index (χ0n) is 16.9. The highest BCUT2D eigenvalue weighted by atomic mass is 35.5. The van der Waals surface area contributed by atoms with Crippen LogP contribution in [0.3, 0.4) is 0 Å². The van der Waals surface area contributed by atoms with Crippen LogP contribution in [-0.2, 0) is 11.3 Å². The van der Waals surface area contributed by atoms with E-state index in [1.54, 1.807) is 54.7 Å². The molecule has 0 aliphatic carbocycles. The monoisotopic (exact) mass is 435 g/mol. The summed E-state index contributed by atoms with van der Waals surface area (Å²) in [7, 11) is 0. The molecule has 1 aliphatic rings. The standard InChI is InChI=1S/C24H22ClN3O3/c25-19-7-5-18(6-8-19)23(29)20-3-1-2-4-21(20)24(30)27-16-17-9-10-26-22(15-17)28-11-13-31-14-12-28/h1-10,15H,11-14,16H2,(H,27,30). The van der Waals surface area contributed by atoms with Gasteiger partial charge in [-0.05, 0) is 48.0 Å². The molecule has 3 aromatic rings. The molecule has 0 spiro atoms. The number of hydrogen-bond acceptors (Lipinski definition) is 5. The van der Waals surface area contributed by atoms with E-state index < -0.39 is 0 Å². The summed E-state index contributed by atoms with van der Waals surface area (Å²) in [6.07, 6.45) is 1.74. The van der Waals surface area contributed by atoms with Crippen molar-refractivity contribution in [1.82, 2.24) is 10.3 Å². The Kier molecular flexibility index (Phi) is 6.60. The molecule has 6 nitrogen and oxygen atoms in total. The van der Waals surface area contributed by atoms with E-state index in [9.17, 15) is 9.59 Å². The molecule has 7 heteroatoms. The lowest BCUT2D eigenvalue weighted by Gasteiger charge is -2.28. The molecule has 0 radical (unpaired) electrons. The fourth-order valence-electron chi connectivity index (χ4n) is 3.45. The number of pyridine rings is 1. The molecule has 1 aliphatic heterocycles. The molecule has 2 aromatic carbocycles. The Bertz CT molecular complexity index is 1080. The first-order chi connectivity index (χ1) is 15.1. The lowest BCUT2D eigenvalue weighted by molar-refractivity contribution is 0.0939. The molecule has 0 saturated carbocycles. The molecule has 0 unspecified atom stereocenters. The van der Waals surface area contributed by atoms with Crippen LogP contribution in [0.1, 0.15) is 31.8 Å². The minimum absolute atomic E-state index is 0.221. The minimum Gasteiger partial charge on any atom is -0.378 e. The predicted molar refractivity (Wildman–Crippen MR) is 120 cm³/mol. The van der Waals surface area contributed by atoms with E-state index in [2.05, 4.69) is 15.2 Å². The summed E-state index contributed by atoms with van der Waals surface area (Å²) in [6, 6.07) is 17.3. The SMILES string of the molecule is O=C(NCc1ccnc(N2CCOCC2)c1)c1ccccc1C(=O)c1ccc(Cl)cc1. The van der Waals surface area contributed by atoms with Gasteiger partial charge in [-0.15, -0.1) is 0 Å². The maximum Gasteiger partial charge on any atom is 0.252 e. The Labute approximate surface area is 185 Å². The number of carbonyl (C=O) groups is 2. The van der Waals surface area contributed by atoms with Gasteiger partial charge in [-0.2, -0.15) is 0 Å². The van der Waals surface area contributed by atoms with Gasteiger partial charge in [0.25, 0.3) is 5.91 Å². The summed E-state index contributed by atoms with van der Waals surface area (Å²) in [6.45, 7) is 3.29. The number of rotatable bonds is 6.